The number of nitrogens with one attached hydrogen (secondary N) is 1. The van der Waals surface area contributed by atoms with E-state index in [2.05, 4.69) is 15.5 Å². The molecule has 0 fully saturated rings. The van der Waals surface area contributed by atoms with Crippen molar-refractivity contribution in [1.29, 1.82) is 0 Å². The molecule has 3 rings (SSSR count). The molecule has 5 nitrogen and oxygen atoms in total. The standard InChI is InChI=1S/C18H15F2N3O2/c1-10-3-4-12(7-11(10)2)8-16(24)21-18-23-22-17(25-18)14-6-5-13(19)9-15(14)20/h3-7,9H,8H2,1-2H3,(H,21,23,24). The molecule has 0 unspecified atom stereocenters. The molecule has 1 heterocycles. The van der Waals surface area contributed by atoms with Crippen LogP contribution < -0.4 is 5.32 Å². The Morgan fingerprint density at radius 1 is 1.08 bits per heavy atom. The zero-order chi connectivity index (χ0) is 18.0. The van der Waals surface area contributed by atoms with E-state index in [4.69, 9.17) is 4.42 Å². The second-order valence-corrected chi connectivity index (χ2v) is 5.68. The van der Waals surface area contributed by atoms with Gasteiger partial charge in [0, 0.05) is 6.07 Å². The zero-order valence-electron chi connectivity index (χ0n) is 13.6. The van der Waals surface area contributed by atoms with Crippen LogP contribution in [0, 0.1) is 25.5 Å². The van der Waals surface area contributed by atoms with E-state index >= 15 is 0 Å². The van der Waals surface area contributed by atoms with Gasteiger partial charge in [-0.15, -0.1) is 5.10 Å². The lowest BCUT2D eigenvalue weighted by Gasteiger charge is -2.04. The summed E-state index contributed by atoms with van der Waals surface area (Å²) in [5, 5.41) is 9.80. The number of carbonyl (C=O) groups is 1. The fourth-order valence-corrected chi connectivity index (χ4v) is 2.31. The van der Waals surface area contributed by atoms with Crippen LogP contribution in [0.1, 0.15) is 16.7 Å². The highest BCUT2D eigenvalue weighted by molar-refractivity contribution is 5.90. The highest BCUT2D eigenvalue weighted by Gasteiger charge is 2.15. The monoisotopic (exact) mass is 343 g/mol. The van der Waals surface area contributed by atoms with E-state index in [1.807, 2.05) is 32.0 Å². The first-order chi connectivity index (χ1) is 11.9. The smallest absolute Gasteiger partial charge is 0.322 e. The van der Waals surface area contributed by atoms with Gasteiger partial charge < -0.3 is 4.42 Å². The Hall–Kier alpha value is -3.09. The molecule has 0 radical (unpaired) electrons. The Balaban J connectivity index is 1.70. The maximum Gasteiger partial charge on any atom is 0.322 e. The Labute approximate surface area is 142 Å². The van der Waals surface area contributed by atoms with Gasteiger partial charge in [0.25, 0.3) is 5.89 Å². The van der Waals surface area contributed by atoms with Gasteiger partial charge in [-0.3, -0.25) is 10.1 Å². The van der Waals surface area contributed by atoms with E-state index in [-0.39, 0.29) is 29.8 Å². The van der Waals surface area contributed by atoms with Crippen molar-refractivity contribution in [2.45, 2.75) is 20.3 Å². The Morgan fingerprint density at radius 2 is 1.88 bits per heavy atom. The first-order valence-electron chi connectivity index (χ1n) is 7.57. The van der Waals surface area contributed by atoms with Gasteiger partial charge in [-0.2, -0.15) is 0 Å². The number of anilines is 1. The summed E-state index contributed by atoms with van der Waals surface area (Å²) in [7, 11) is 0. The van der Waals surface area contributed by atoms with Crippen LogP contribution in [0.4, 0.5) is 14.8 Å². The summed E-state index contributed by atoms with van der Waals surface area (Å²) in [5.41, 5.74) is 3.05. The minimum atomic E-state index is -0.823. The number of rotatable bonds is 4. The lowest BCUT2D eigenvalue weighted by Crippen LogP contribution is -2.14. The highest BCUT2D eigenvalue weighted by atomic mass is 19.1. The van der Waals surface area contributed by atoms with Crippen LogP contribution in [0.25, 0.3) is 11.5 Å². The SMILES string of the molecule is Cc1ccc(CC(=O)Nc2nnc(-c3ccc(F)cc3F)o2)cc1C. The molecule has 0 aliphatic heterocycles. The molecule has 0 spiro atoms. The minimum Gasteiger partial charge on any atom is -0.403 e. The van der Waals surface area contributed by atoms with E-state index in [0.717, 1.165) is 28.8 Å². The van der Waals surface area contributed by atoms with Crippen LogP contribution in [0.15, 0.2) is 40.8 Å². The molecule has 0 saturated heterocycles. The van der Waals surface area contributed by atoms with Crippen LogP contribution in [-0.4, -0.2) is 16.1 Å². The van der Waals surface area contributed by atoms with Gasteiger partial charge in [-0.05, 0) is 42.7 Å². The van der Waals surface area contributed by atoms with E-state index in [1.54, 1.807) is 0 Å². The second-order valence-electron chi connectivity index (χ2n) is 5.68. The molecule has 1 aromatic heterocycles. The van der Waals surface area contributed by atoms with Crippen molar-refractivity contribution in [1.82, 2.24) is 10.2 Å². The van der Waals surface area contributed by atoms with Crippen molar-refractivity contribution >= 4 is 11.9 Å². The van der Waals surface area contributed by atoms with E-state index in [0.29, 0.717) is 0 Å². The predicted molar refractivity (Wildman–Crippen MR) is 87.9 cm³/mol. The van der Waals surface area contributed by atoms with Gasteiger partial charge in [0.1, 0.15) is 11.6 Å². The third-order valence-electron chi connectivity index (χ3n) is 3.77. The average Bonchev–Trinajstić information content (AvgIpc) is 2.99. The topological polar surface area (TPSA) is 68.0 Å². The molecule has 0 aliphatic rings. The van der Waals surface area contributed by atoms with E-state index in [9.17, 15) is 13.6 Å². The van der Waals surface area contributed by atoms with Crippen LogP contribution in [0.5, 0.6) is 0 Å². The van der Waals surface area contributed by atoms with Crippen molar-refractivity contribution in [2.75, 3.05) is 5.32 Å². The van der Waals surface area contributed by atoms with Gasteiger partial charge in [0.15, 0.2) is 0 Å². The summed E-state index contributed by atoms with van der Waals surface area (Å²) in [6, 6.07) is 8.60. The van der Waals surface area contributed by atoms with Gasteiger partial charge in [-0.25, -0.2) is 8.78 Å². The Kier molecular flexibility index (Phi) is 4.56. The largest absolute Gasteiger partial charge is 0.403 e. The third-order valence-corrected chi connectivity index (χ3v) is 3.77. The normalized spacial score (nSPS) is 10.7. The molecule has 1 N–H and O–H groups in total. The third kappa shape index (κ3) is 3.88. The van der Waals surface area contributed by atoms with Crippen molar-refractivity contribution in [3.8, 4) is 11.5 Å². The van der Waals surface area contributed by atoms with Crippen molar-refractivity contribution in [3.63, 3.8) is 0 Å². The molecule has 0 aliphatic carbocycles. The predicted octanol–water partition coefficient (Wildman–Crippen LogP) is 3.81. The van der Waals surface area contributed by atoms with E-state index < -0.39 is 11.6 Å². The zero-order valence-corrected chi connectivity index (χ0v) is 13.6. The first kappa shape index (κ1) is 16.8. The van der Waals surface area contributed by atoms with Crippen molar-refractivity contribution in [2.24, 2.45) is 0 Å². The van der Waals surface area contributed by atoms with Crippen LogP contribution in [0.3, 0.4) is 0 Å². The number of amides is 1. The lowest BCUT2D eigenvalue weighted by molar-refractivity contribution is -0.115. The van der Waals surface area contributed by atoms with Crippen LogP contribution in [0.2, 0.25) is 0 Å². The van der Waals surface area contributed by atoms with E-state index in [1.165, 1.54) is 6.07 Å². The quantitative estimate of drug-likeness (QED) is 0.782. The summed E-state index contributed by atoms with van der Waals surface area (Å²) in [6.07, 6.45) is 0.143. The Morgan fingerprint density at radius 3 is 2.60 bits per heavy atom. The van der Waals surface area contributed by atoms with Crippen LogP contribution >= 0.6 is 0 Å². The molecule has 2 aromatic carbocycles. The molecular formula is C18H15F2N3O2. The van der Waals surface area contributed by atoms with Gasteiger partial charge in [0.05, 0.1) is 12.0 Å². The number of benzene rings is 2. The minimum absolute atomic E-state index is 0.0384. The number of aromatic nitrogens is 2. The van der Waals surface area contributed by atoms with Gasteiger partial charge in [0.2, 0.25) is 5.91 Å². The number of halogens is 2. The summed E-state index contributed by atoms with van der Waals surface area (Å²) in [6.45, 7) is 3.96. The Bertz CT molecular complexity index is 938. The number of hydrogen-bond donors (Lipinski definition) is 1. The molecule has 128 valence electrons. The maximum atomic E-state index is 13.7. The summed E-state index contributed by atoms with van der Waals surface area (Å²) < 4.78 is 31.9. The fraction of sp³-hybridized carbons (Fsp3) is 0.167. The van der Waals surface area contributed by atoms with Gasteiger partial charge in [-0.1, -0.05) is 23.3 Å². The molecule has 1 amide bonds. The molecule has 0 atom stereocenters. The molecular weight excluding hydrogens is 328 g/mol. The number of carbonyl (C=O) groups excluding carboxylic acids is 1. The first-order valence-corrected chi connectivity index (χ1v) is 7.57. The molecule has 0 saturated carbocycles. The molecule has 3 aromatic rings. The second kappa shape index (κ2) is 6.80. The maximum absolute atomic E-state index is 13.7. The average molecular weight is 343 g/mol. The summed E-state index contributed by atoms with van der Waals surface area (Å²) in [4.78, 5) is 12.1. The van der Waals surface area contributed by atoms with Crippen molar-refractivity contribution in [3.05, 3.63) is 64.7 Å². The van der Waals surface area contributed by atoms with Crippen molar-refractivity contribution < 1.29 is 18.0 Å². The lowest BCUT2D eigenvalue weighted by atomic mass is 10.0. The molecule has 0 bridgehead atoms. The fourth-order valence-electron chi connectivity index (χ4n) is 2.31. The number of nitrogens with zero attached hydrogens (tertiary/aromatic N) is 2. The van der Waals surface area contributed by atoms with Gasteiger partial charge >= 0.3 is 6.01 Å². The highest BCUT2D eigenvalue weighted by Crippen LogP contribution is 2.23. The molecule has 7 heteroatoms. The number of hydrogen-bond acceptors (Lipinski definition) is 4. The summed E-state index contributed by atoms with van der Waals surface area (Å²) >= 11 is 0. The molecule has 25 heavy (non-hydrogen) atoms. The van der Waals surface area contributed by atoms with Crippen LogP contribution in [-0.2, 0) is 11.2 Å². The number of aryl methyl sites for hydroxylation is 2. The summed E-state index contributed by atoms with van der Waals surface area (Å²) in [5.74, 6) is -2.00.